The summed E-state index contributed by atoms with van der Waals surface area (Å²) in [7, 11) is -3.90. The lowest BCUT2D eigenvalue weighted by Crippen LogP contribution is -2.11. The summed E-state index contributed by atoms with van der Waals surface area (Å²) >= 11 is 7.51. The minimum Gasteiger partial charge on any atom is -0.478 e. The molecule has 1 saturated carbocycles. The van der Waals surface area contributed by atoms with E-state index in [-0.39, 0.29) is 27.0 Å². The van der Waals surface area contributed by atoms with Gasteiger partial charge in [-0.15, -0.1) is 11.3 Å². The predicted molar refractivity (Wildman–Crippen MR) is 114 cm³/mol. The predicted octanol–water partition coefficient (Wildman–Crippen LogP) is 4.88. The van der Waals surface area contributed by atoms with Crippen LogP contribution in [0, 0.1) is 11.3 Å². The Kier molecular flexibility index (Phi) is 5.36. The van der Waals surface area contributed by atoms with Gasteiger partial charge in [-0.3, -0.25) is 0 Å². The van der Waals surface area contributed by atoms with Gasteiger partial charge in [-0.2, -0.15) is 5.26 Å². The number of carboxylic acid groups (broad SMARTS) is 1. The van der Waals surface area contributed by atoms with Gasteiger partial charge in [0.1, 0.15) is 11.1 Å². The van der Waals surface area contributed by atoms with E-state index in [2.05, 4.69) is 4.98 Å². The van der Waals surface area contributed by atoms with Gasteiger partial charge in [0.2, 0.25) is 0 Å². The lowest BCUT2D eigenvalue weighted by atomic mass is 10.1. The van der Waals surface area contributed by atoms with Crippen molar-refractivity contribution in [2.75, 3.05) is 0 Å². The van der Waals surface area contributed by atoms with Gasteiger partial charge in [-0.1, -0.05) is 17.7 Å². The van der Waals surface area contributed by atoms with E-state index in [0.29, 0.717) is 21.7 Å². The van der Waals surface area contributed by atoms with Crippen LogP contribution in [-0.4, -0.2) is 24.5 Å². The van der Waals surface area contributed by atoms with Crippen molar-refractivity contribution in [2.45, 2.75) is 29.4 Å². The molecule has 0 amide bonds. The van der Waals surface area contributed by atoms with Crippen LogP contribution < -0.4 is 0 Å². The normalized spacial score (nSPS) is 13.7. The van der Waals surface area contributed by atoms with E-state index in [0.717, 1.165) is 12.8 Å². The first-order chi connectivity index (χ1) is 14.3. The number of aromatic nitrogens is 1. The third kappa shape index (κ3) is 3.97. The van der Waals surface area contributed by atoms with Gasteiger partial charge in [0.15, 0.2) is 9.84 Å². The highest BCUT2D eigenvalue weighted by Crippen LogP contribution is 2.44. The minimum atomic E-state index is -3.90. The SMILES string of the molecule is N#Cc1cc(CS(=O)(=O)c2cc(C(=O)O)ccc2C2CC2)c(-c2nccs2)cc1Cl. The second kappa shape index (κ2) is 7.84. The van der Waals surface area contributed by atoms with Crippen LogP contribution in [0.2, 0.25) is 5.02 Å². The zero-order valence-electron chi connectivity index (χ0n) is 15.5. The average molecular weight is 459 g/mol. The molecule has 0 bridgehead atoms. The molecule has 0 radical (unpaired) electrons. The van der Waals surface area contributed by atoms with Crippen molar-refractivity contribution < 1.29 is 18.3 Å². The summed E-state index contributed by atoms with van der Waals surface area (Å²) in [6.07, 6.45) is 3.35. The number of nitriles is 1. The van der Waals surface area contributed by atoms with E-state index < -0.39 is 21.6 Å². The molecule has 0 spiro atoms. The fourth-order valence-electron chi connectivity index (χ4n) is 3.33. The molecule has 1 N–H and O–H groups in total. The highest BCUT2D eigenvalue weighted by atomic mass is 35.5. The zero-order valence-corrected chi connectivity index (χ0v) is 17.9. The Labute approximate surface area is 182 Å². The molecule has 1 aliphatic rings. The molecule has 6 nitrogen and oxygen atoms in total. The van der Waals surface area contributed by atoms with Crippen molar-refractivity contribution in [3.63, 3.8) is 0 Å². The fraction of sp³-hybridized carbons (Fsp3) is 0.190. The monoisotopic (exact) mass is 458 g/mol. The maximum atomic E-state index is 13.4. The number of hydrogen-bond acceptors (Lipinski definition) is 6. The summed E-state index contributed by atoms with van der Waals surface area (Å²) in [6.45, 7) is 0. The first-order valence-corrected chi connectivity index (χ1v) is 11.9. The number of aromatic carboxylic acids is 1. The largest absolute Gasteiger partial charge is 0.478 e. The van der Waals surface area contributed by atoms with Gasteiger partial charge in [-0.25, -0.2) is 18.2 Å². The Bertz CT molecular complexity index is 1290. The van der Waals surface area contributed by atoms with Crippen molar-refractivity contribution in [3.05, 3.63) is 69.2 Å². The Morgan fingerprint density at radius 3 is 2.67 bits per heavy atom. The molecule has 2 aromatic carbocycles. The lowest BCUT2D eigenvalue weighted by Gasteiger charge is -2.14. The van der Waals surface area contributed by atoms with Crippen molar-refractivity contribution in [1.29, 1.82) is 5.26 Å². The number of sulfone groups is 1. The second-order valence-corrected chi connectivity index (χ2v) is 10.3. The molecule has 1 aromatic heterocycles. The third-order valence-corrected chi connectivity index (χ3v) is 7.77. The van der Waals surface area contributed by atoms with Gasteiger partial charge in [0, 0.05) is 17.1 Å². The van der Waals surface area contributed by atoms with E-state index in [1.54, 1.807) is 23.7 Å². The van der Waals surface area contributed by atoms with Crippen LogP contribution >= 0.6 is 22.9 Å². The van der Waals surface area contributed by atoms with Crippen LogP contribution in [0.4, 0.5) is 0 Å². The van der Waals surface area contributed by atoms with Crippen LogP contribution in [0.3, 0.4) is 0 Å². The molecular formula is C21H15ClN2O4S2. The standard InChI is InChI=1S/C21H15ClN2O4S2/c22-18-9-17(20-24-5-6-29-20)15(7-14(18)10-23)11-30(27,28)19-8-13(21(25)26)3-4-16(19)12-1-2-12/h3-9,12H,1-2,11H2,(H,25,26). The molecular weight excluding hydrogens is 444 g/mol. The number of benzene rings is 2. The Morgan fingerprint density at radius 1 is 1.30 bits per heavy atom. The van der Waals surface area contributed by atoms with Crippen LogP contribution in [0.1, 0.15) is 45.8 Å². The lowest BCUT2D eigenvalue weighted by molar-refractivity contribution is 0.0696. The molecule has 1 heterocycles. The van der Waals surface area contributed by atoms with E-state index in [1.807, 2.05) is 6.07 Å². The van der Waals surface area contributed by atoms with Gasteiger partial charge in [0.25, 0.3) is 0 Å². The van der Waals surface area contributed by atoms with E-state index >= 15 is 0 Å². The molecule has 0 aliphatic heterocycles. The van der Waals surface area contributed by atoms with Gasteiger partial charge in [-0.05, 0) is 54.2 Å². The van der Waals surface area contributed by atoms with Crippen LogP contribution in [0.25, 0.3) is 10.6 Å². The Morgan fingerprint density at radius 2 is 2.07 bits per heavy atom. The summed E-state index contributed by atoms with van der Waals surface area (Å²) in [5.74, 6) is -1.46. The Hall–Kier alpha value is -2.73. The highest BCUT2D eigenvalue weighted by molar-refractivity contribution is 7.90. The first-order valence-electron chi connectivity index (χ1n) is 9.02. The Balaban J connectivity index is 1.84. The van der Waals surface area contributed by atoms with Crippen LogP contribution in [0.5, 0.6) is 0 Å². The number of nitrogens with zero attached hydrogens (tertiary/aromatic N) is 2. The molecule has 0 unspecified atom stereocenters. The number of carboxylic acids is 1. The molecule has 1 fully saturated rings. The van der Waals surface area contributed by atoms with Gasteiger partial charge in [0.05, 0.1) is 26.8 Å². The van der Waals surface area contributed by atoms with Crippen molar-refractivity contribution in [1.82, 2.24) is 4.98 Å². The first kappa shape index (κ1) is 20.5. The van der Waals surface area contributed by atoms with Gasteiger partial charge < -0.3 is 5.11 Å². The number of halogens is 1. The van der Waals surface area contributed by atoms with Crippen molar-refractivity contribution in [2.24, 2.45) is 0 Å². The van der Waals surface area contributed by atoms with E-state index in [1.165, 1.54) is 29.5 Å². The van der Waals surface area contributed by atoms with Crippen molar-refractivity contribution >= 4 is 38.7 Å². The molecule has 152 valence electrons. The summed E-state index contributed by atoms with van der Waals surface area (Å²) in [5.41, 5.74) is 1.68. The quantitative estimate of drug-likeness (QED) is 0.563. The molecule has 0 atom stereocenters. The average Bonchev–Trinajstić information content (AvgIpc) is 3.42. The number of rotatable bonds is 6. The summed E-state index contributed by atoms with van der Waals surface area (Å²) in [4.78, 5) is 15.7. The molecule has 30 heavy (non-hydrogen) atoms. The second-order valence-electron chi connectivity index (χ2n) is 7.03. The molecule has 1 aliphatic carbocycles. The zero-order chi connectivity index (χ0) is 21.5. The molecule has 9 heteroatoms. The summed E-state index contributed by atoms with van der Waals surface area (Å²) < 4.78 is 26.8. The summed E-state index contributed by atoms with van der Waals surface area (Å²) in [5, 5.41) is 21.2. The van der Waals surface area contributed by atoms with Crippen LogP contribution in [0.15, 0.2) is 46.8 Å². The van der Waals surface area contributed by atoms with E-state index in [9.17, 15) is 23.6 Å². The minimum absolute atomic E-state index is 0.0310. The smallest absolute Gasteiger partial charge is 0.335 e. The number of carbonyl (C=O) groups is 1. The van der Waals surface area contributed by atoms with Gasteiger partial charge >= 0.3 is 5.97 Å². The maximum absolute atomic E-state index is 13.4. The number of thiazole rings is 1. The summed E-state index contributed by atoms with van der Waals surface area (Å²) in [6, 6.07) is 9.26. The third-order valence-electron chi connectivity index (χ3n) is 4.93. The molecule has 3 aromatic rings. The maximum Gasteiger partial charge on any atom is 0.335 e. The highest BCUT2D eigenvalue weighted by Gasteiger charge is 2.32. The fourth-order valence-corrected chi connectivity index (χ4v) is 5.93. The van der Waals surface area contributed by atoms with Crippen LogP contribution in [-0.2, 0) is 15.6 Å². The van der Waals surface area contributed by atoms with Crippen molar-refractivity contribution in [3.8, 4) is 16.6 Å². The topological polar surface area (TPSA) is 108 Å². The number of hydrogen-bond donors (Lipinski definition) is 1. The molecule has 0 saturated heterocycles. The molecule has 4 rings (SSSR count). The van der Waals surface area contributed by atoms with E-state index in [4.69, 9.17) is 11.6 Å².